The number of nitrogens with one attached hydrogen (secondary N) is 4. The minimum atomic E-state index is -0.976. The molecule has 1 aromatic carbocycles. The van der Waals surface area contributed by atoms with Crippen LogP contribution in [0.2, 0.25) is 0 Å². The van der Waals surface area contributed by atoms with Gasteiger partial charge in [0.2, 0.25) is 29.5 Å². The number of fused-ring (bicyclic) bond motifs is 1. The second kappa shape index (κ2) is 16.4. The van der Waals surface area contributed by atoms with Gasteiger partial charge >= 0.3 is 0 Å². The number of rotatable bonds is 5. The molecule has 5 amide bonds. The van der Waals surface area contributed by atoms with E-state index in [2.05, 4.69) is 36.3 Å². The number of hydrogen-bond acceptors (Lipinski definition) is 8. The third-order valence-electron chi connectivity index (χ3n) is 7.57. The van der Waals surface area contributed by atoms with Crippen molar-refractivity contribution in [1.82, 2.24) is 45.9 Å². The SMILES string of the molecule is CC(C)C[C@H]1NC(=O)[C@@H](C)NC(=O)CN(C(=O)Cc2cccnc2)CCCNC(=O)Cn2nc(-c3ccccc3)nc2[C@H](C)NC1=O. The Kier molecular flexibility index (Phi) is 12.1. The molecule has 1 aliphatic heterocycles. The van der Waals surface area contributed by atoms with Gasteiger partial charge in [-0.3, -0.25) is 29.0 Å². The Morgan fingerprint density at radius 2 is 1.68 bits per heavy atom. The Morgan fingerprint density at radius 1 is 0.915 bits per heavy atom. The van der Waals surface area contributed by atoms with Crippen LogP contribution in [-0.2, 0) is 36.9 Å². The number of hydrogen-bond donors (Lipinski definition) is 4. The third-order valence-corrected chi connectivity index (χ3v) is 7.57. The predicted octanol–water partition coefficient (Wildman–Crippen LogP) is 1.14. The Hall–Kier alpha value is -5.14. The second-order valence-electron chi connectivity index (χ2n) is 12.1. The van der Waals surface area contributed by atoms with Gasteiger partial charge in [0.15, 0.2) is 5.82 Å². The molecule has 14 nitrogen and oxygen atoms in total. The molecule has 0 aliphatic carbocycles. The molecule has 0 bridgehead atoms. The Bertz CT molecular complexity index is 1540. The molecule has 0 saturated carbocycles. The van der Waals surface area contributed by atoms with Gasteiger partial charge in [-0.2, -0.15) is 5.10 Å². The molecule has 4 N–H and O–H groups in total. The van der Waals surface area contributed by atoms with E-state index >= 15 is 0 Å². The second-order valence-corrected chi connectivity index (χ2v) is 12.1. The highest BCUT2D eigenvalue weighted by atomic mass is 16.2. The van der Waals surface area contributed by atoms with Gasteiger partial charge < -0.3 is 26.2 Å². The number of pyridine rings is 1. The zero-order valence-electron chi connectivity index (χ0n) is 27.2. The molecular weight excluding hydrogens is 602 g/mol. The first-order chi connectivity index (χ1) is 22.5. The zero-order valence-corrected chi connectivity index (χ0v) is 27.2. The molecule has 250 valence electrons. The van der Waals surface area contributed by atoms with Gasteiger partial charge in [-0.25, -0.2) is 9.67 Å². The molecule has 0 saturated heterocycles. The van der Waals surface area contributed by atoms with Crippen LogP contribution in [0.5, 0.6) is 0 Å². The third kappa shape index (κ3) is 10.2. The van der Waals surface area contributed by atoms with Crippen LogP contribution >= 0.6 is 0 Å². The van der Waals surface area contributed by atoms with Crippen LogP contribution in [0.1, 0.15) is 58.0 Å². The van der Waals surface area contributed by atoms with Crippen molar-refractivity contribution < 1.29 is 24.0 Å². The maximum atomic E-state index is 13.5. The highest BCUT2D eigenvalue weighted by molar-refractivity contribution is 5.93. The molecule has 4 rings (SSSR count). The maximum Gasteiger partial charge on any atom is 0.243 e. The molecule has 0 unspecified atom stereocenters. The van der Waals surface area contributed by atoms with E-state index in [1.165, 1.54) is 16.5 Å². The first-order valence-corrected chi connectivity index (χ1v) is 15.8. The molecule has 1 aliphatic rings. The monoisotopic (exact) mass is 645 g/mol. The normalized spacial score (nSPS) is 20.5. The van der Waals surface area contributed by atoms with Gasteiger partial charge in [-0.1, -0.05) is 50.2 Å². The summed E-state index contributed by atoms with van der Waals surface area (Å²) in [6.45, 7) is 7.09. The number of carbonyl (C=O) groups is 5. The van der Waals surface area contributed by atoms with Crippen LogP contribution in [0.15, 0.2) is 54.9 Å². The summed E-state index contributed by atoms with van der Waals surface area (Å²) in [7, 11) is 0. The van der Waals surface area contributed by atoms with Crippen molar-refractivity contribution in [2.24, 2.45) is 5.92 Å². The standard InChI is InChI=1S/C33H43N9O5/c1-21(2)16-26-33(47)37-22(3)31-39-30(25-11-6-5-7-12-25)40-42(31)20-27(43)35-14-9-15-41(19-28(44)36-23(4)32(46)38-26)29(45)17-24-10-8-13-34-18-24/h5-8,10-13,18,21-23,26H,9,14-17,19-20H2,1-4H3,(H,35,43)(H,36,44)(H,37,47)(H,38,46)/t22-,23+,26+/m0/s1. The molecule has 0 spiro atoms. The van der Waals surface area contributed by atoms with E-state index in [1.54, 1.807) is 31.5 Å². The predicted molar refractivity (Wildman–Crippen MR) is 173 cm³/mol. The van der Waals surface area contributed by atoms with E-state index in [0.717, 1.165) is 5.56 Å². The van der Waals surface area contributed by atoms with Crippen molar-refractivity contribution in [2.45, 2.75) is 71.6 Å². The summed E-state index contributed by atoms with van der Waals surface area (Å²) in [4.78, 5) is 76.2. The number of amides is 5. The quantitative estimate of drug-likeness (QED) is 0.319. The fraction of sp³-hybridized carbons (Fsp3) is 0.455. The fourth-order valence-electron chi connectivity index (χ4n) is 5.18. The highest BCUT2D eigenvalue weighted by Crippen LogP contribution is 2.19. The van der Waals surface area contributed by atoms with Gasteiger partial charge in [0, 0.05) is 31.0 Å². The first-order valence-electron chi connectivity index (χ1n) is 15.8. The molecular formula is C33H43N9O5. The van der Waals surface area contributed by atoms with E-state index in [0.29, 0.717) is 30.1 Å². The van der Waals surface area contributed by atoms with Crippen LogP contribution in [0.25, 0.3) is 11.4 Å². The van der Waals surface area contributed by atoms with Crippen LogP contribution in [-0.4, -0.2) is 85.9 Å². The van der Waals surface area contributed by atoms with Gasteiger partial charge in [-0.15, -0.1) is 0 Å². The molecule has 0 radical (unpaired) electrons. The van der Waals surface area contributed by atoms with Gasteiger partial charge in [0.05, 0.1) is 19.0 Å². The molecule has 14 heteroatoms. The van der Waals surface area contributed by atoms with Crippen LogP contribution < -0.4 is 21.3 Å². The van der Waals surface area contributed by atoms with Crippen LogP contribution in [0.4, 0.5) is 0 Å². The van der Waals surface area contributed by atoms with Gasteiger partial charge in [0.25, 0.3) is 0 Å². The Labute approximate surface area is 274 Å². The topological polar surface area (TPSA) is 180 Å². The maximum absolute atomic E-state index is 13.5. The molecule has 47 heavy (non-hydrogen) atoms. The fourth-order valence-corrected chi connectivity index (χ4v) is 5.18. The van der Waals surface area contributed by atoms with E-state index in [-0.39, 0.29) is 50.3 Å². The van der Waals surface area contributed by atoms with Crippen LogP contribution in [0, 0.1) is 5.92 Å². The van der Waals surface area contributed by atoms with Crippen molar-refractivity contribution in [3.8, 4) is 11.4 Å². The summed E-state index contributed by atoms with van der Waals surface area (Å²) < 4.78 is 1.46. The van der Waals surface area contributed by atoms with Crippen LogP contribution in [0.3, 0.4) is 0 Å². The average Bonchev–Trinajstić information content (AvgIpc) is 3.46. The lowest BCUT2D eigenvalue weighted by Gasteiger charge is -2.25. The smallest absolute Gasteiger partial charge is 0.243 e. The minimum Gasteiger partial charge on any atom is -0.354 e. The molecule has 3 atom stereocenters. The minimum absolute atomic E-state index is 0.0342. The number of nitrogens with zero attached hydrogens (tertiary/aromatic N) is 5. The lowest BCUT2D eigenvalue weighted by molar-refractivity contribution is -0.137. The molecule has 3 aromatic rings. The van der Waals surface area contributed by atoms with E-state index in [9.17, 15) is 24.0 Å². The number of aromatic nitrogens is 4. The lowest BCUT2D eigenvalue weighted by atomic mass is 10.0. The van der Waals surface area contributed by atoms with E-state index in [1.807, 2.05) is 44.2 Å². The summed E-state index contributed by atoms with van der Waals surface area (Å²) in [5, 5.41) is 15.8. The first kappa shape index (κ1) is 34.7. The van der Waals surface area contributed by atoms with E-state index in [4.69, 9.17) is 0 Å². The summed E-state index contributed by atoms with van der Waals surface area (Å²) in [6.07, 6.45) is 3.94. The molecule has 2 aromatic heterocycles. The highest BCUT2D eigenvalue weighted by Gasteiger charge is 2.29. The van der Waals surface area contributed by atoms with Crippen molar-refractivity contribution in [3.63, 3.8) is 0 Å². The average molecular weight is 646 g/mol. The molecule has 3 heterocycles. The summed E-state index contributed by atoms with van der Waals surface area (Å²) in [5.41, 5.74) is 1.44. The van der Waals surface area contributed by atoms with Gasteiger partial charge in [-0.05, 0) is 44.2 Å². The van der Waals surface area contributed by atoms with E-state index < -0.39 is 35.8 Å². The number of benzene rings is 1. The summed E-state index contributed by atoms with van der Waals surface area (Å²) >= 11 is 0. The Balaban J connectivity index is 1.60. The van der Waals surface area contributed by atoms with Gasteiger partial charge in [0.1, 0.15) is 24.5 Å². The lowest BCUT2D eigenvalue weighted by Crippen LogP contribution is -2.54. The van der Waals surface area contributed by atoms with Crippen molar-refractivity contribution in [3.05, 3.63) is 66.2 Å². The molecule has 0 fully saturated rings. The Morgan fingerprint density at radius 3 is 2.38 bits per heavy atom. The number of carbonyl (C=O) groups excluding carboxylic acids is 5. The summed E-state index contributed by atoms with van der Waals surface area (Å²) in [5.74, 6) is -1.32. The van der Waals surface area contributed by atoms with Crippen molar-refractivity contribution in [1.29, 1.82) is 0 Å². The van der Waals surface area contributed by atoms with Crippen molar-refractivity contribution >= 4 is 29.5 Å². The summed E-state index contributed by atoms with van der Waals surface area (Å²) in [6, 6.07) is 10.3. The largest absolute Gasteiger partial charge is 0.354 e. The zero-order chi connectivity index (χ0) is 33.9. The van der Waals surface area contributed by atoms with Crippen molar-refractivity contribution in [2.75, 3.05) is 19.6 Å².